The van der Waals surface area contributed by atoms with Gasteiger partial charge in [-0.05, 0) is 62.8 Å². The highest BCUT2D eigenvalue weighted by Crippen LogP contribution is 2.22. The van der Waals surface area contributed by atoms with E-state index in [9.17, 15) is 9.59 Å². The summed E-state index contributed by atoms with van der Waals surface area (Å²) >= 11 is 5.86. The number of likely N-dealkylation sites (tertiary alicyclic amines) is 1. The average Bonchev–Trinajstić information content (AvgIpc) is 2.62. The number of rotatable bonds is 6. The first-order valence-corrected chi connectivity index (χ1v) is 9.46. The molecule has 0 aromatic heterocycles. The van der Waals surface area contributed by atoms with Gasteiger partial charge in [-0.2, -0.15) is 0 Å². The first kappa shape index (κ1) is 19.6. The Hall–Kier alpha value is -1.75. The summed E-state index contributed by atoms with van der Waals surface area (Å²) in [5, 5.41) is 6.55. The van der Waals surface area contributed by atoms with Crippen molar-refractivity contribution >= 4 is 29.2 Å². The molecule has 1 aliphatic heterocycles. The lowest BCUT2D eigenvalue weighted by Gasteiger charge is -2.32. The fraction of sp³-hybridized carbons (Fsp3) is 0.579. The molecule has 1 aliphatic rings. The highest BCUT2D eigenvalue weighted by atomic mass is 35.5. The maximum absolute atomic E-state index is 12.4. The number of carbonyl (C=O) groups is 2. The van der Waals surface area contributed by atoms with E-state index in [2.05, 4.69) is 17.6 Å². The second-order valence-corrected chi connectivity index (χ2v) is 7.24. The van der Waals surface area contributed by atoms with Crippen molar-refractivity contribution in [3.05, 3.63) is 29.3 Å². The van der Waals surface area contributed by atoms with Gasteiger partial charge in [-0.3, -0.25) is 4.79 Å². The number of nitrogens with zero attached hydrogens (tertiary/aromatic N) is 1. The minimum absolute atomic E-state index is 0.0870. The van der Waals surface area contributed by atoms with Crippen molar-refractivity contribution in [3.63, 3.8) is 0 Å². The molecule has 0 bridgehead atoms. The minimum Gasteiger partial charge on any atom is -0.354 e. The number of hydrogen-bond acceptors (Lipinski definition) is 2. The largest absolute Gasteiger partial charge is 0.354 e. The van der Waals surface area contributed by atoms with Crippen LogP contribution < -0.4 is 10.6 Å². The SMILES string of the molecule is CC[C@H](C)NC(=O)CC[C@@H]1CCCN(C(=O)Nc2ccc(Cl)cc2)C1. The second-order valence-electron chi connectivity index (χ2n) is 6.81. The standard InChI is InChI=1S/C19H28ClN3O2/c1-3-14(2)21-18(24)11-6-15-5-4-12-23(13-15)19(25)22-17-9-7-16(20)8-10-17/h7-10,14-15H,3-6,11-13H2,1-2H3,(H,21,24)(H,22,25)/t14-,15-/m0/s1. The van der Waals surface area contributed by atoms with Gasteiger partial charge in [0.25, 0.3) is 0 Å². The third-order valence-corrected chi connectivity index (χ3v) is 4.95. The van der Waals surface area contributed by atoms with Gasteiger partial charge in [-0.1, -0.05) is 18.5 Å². The topological polar surface area (TPSA) is 61.4 Å². The quantitative estimate of drug-likeness (QED) is 0.790. The molecule has 138 valence electrons. The van der Waals surface area contributed by atoms with Crippen LogP contribution in [0, 0.1) is 5.92 Å². The van der Waals surface area contributed by atoms with Gasteiger partial charge in [0.2, 0.25) is 5.91 Å². The van der Waals surface area contributed by atoms with Crippen molar-refractivity contribution in [3.8, 4) is 0 Å². The van der Waals surface area contributed by atoms with E-state index < -0.39 is 0 Å². The van der Waals surface area contributed by atoms with Crippen molar-refractivity contribution in [2.24, 2.45) is 5.92 Å². The summed E-state index contributed by atoms with van der Waals surface area (Å²) < 4.78 is 0. The summed E-state index contributed by atoms with van der Waals surface area (Å²) in [7, 11) is 0. The van der Waals surface area contributed by atoms with Gasteiger partial charge in [-0.15, -0.1) is 0 Å². The number of urea groups is 1. The van der Waals surface area contributed by atoms with Gasteiger partial charge >= 0.3 is 6.03 Å². The highest BCUT2D eigenvalue weighted by molar-refractivity contribution is 6.30. The molecule has 0 unspecified atom stereocenters. The molecule has 0 saturated carbocycles. The lowest BCUT2D eigenvalue weighted by atomic mass is 9.93. The maximum Gasteiger partial charge on any atom is 0.321 e. The van der Waals surface area contributed by atoms with Gasteiger partial charge in [0, 0.05) is 36.3 Å². The van der Waals surface area contributed by atoms with Crippen LogP contribution in [0.1, 0.15) is 46.0 Å². The smallest absolute Gasteiger partial charge is 0.321 e. The zero-order valence-electron chi connectivity index (χ0n) is 15.1. The second kappa shape index (κ2) is 9.66. The van der Waals surface area contributed by atoms with Crippen molar-refractivity contribution in [1.82, 2.24) is 10.2 Å². The number of amides is 3. The predicted molar refractivity (Wildman–Crippen MR) is 102 cm³/mol. The summed E-state index contributed by atoms with van der Waals surface area (Å²) in [6.45, 7) is 5.54. The Bertz CT molecular complexity index is 577. The predicted octanol–water partition coefficient (Wildman–Crippen LogP) is 4.28. The van der Waals surface area contributed by atoms with Crippen LogP contribution in [0.15, 0.2) is 24.3 Å². The minimum atomic E-state index is -0.0870. The first-order valence-electron chi connectivity index (χ1n) is 9.08. The van der Waals surface area contributed by atoms with Crippen molar-refractivity contribution in [2.75, 3.05) is 18.4 Å². The number of nitrogens with one attached hydrogen (secondary N) is 2. The number of anilines is 1. The van der Waals surface area contributed by atoms with E-state index in [1.807, 2.05) is 11.8 Å². The summed E-state index contributed by atoms with van der Waals surface area (Å²) in [4.78, 5) is 26.2. The van der Waals surface area contributed by atoms with Crippen LogP contribution in [0.2, 0.25) is 5.02 Å². The third-order valence-electron chi connectivity index (χ3n) is 4.70. The Morgan fingerprint density at radius 1 is 1.32 bits per heavy atom. The molecule has 0 spiro atoms. The zero-order chi connectivity index (χ0) is 18.2. The maximum atomic E-state index is 12.4. The Balaban J connectivity index is 1.78. The van der Waals surface area contributed by atoms with E-state index in [-0.39, 0.29) is 18.0 Å². The van der Waals surface area contributed by atoms with Gasteiger partial charge in [0.1, 0.15) is 0 Å². The van der Waals surface area contributed by atoms with E-state index in [4.69, 9.17) is 11.6 Å². The molecule has 0 aliphatic carbocycles. The van der Waals surface area contributed by atoms with Crippen LogP contribution in [0.5, 0.6) is 0 Å². The molecule has 1 saturated heterocycles. The third kappa shape index (κ3) is 6.58. The number of hydrogen-bond donors (Lipinski definition) is 2. The van der Waals surface area contributed by atoms with Crippen LogP contribution >= 0.6 is 11.6 Å². The molecule has 1 aromatic rings. The highest BCUT2D eigenvalue weighted by Gasteiger charge is 2.24. The number of carbonyl (C=O) groups excluding carboxylic acids is 2. The Morgan fingerprint density at radius 3 is 2.72 bits per heavy atom. The Kier molecular flexibility index (Phi) is 7.56. The van der Waals surface area contributed by atoms with Crippen LogP contribution in [0.25, 0.3) is 0 Å². The molecular formula is C19H28ClN3O2. The fourth-order valence-corrected chi connectivity index (χ4v) is 3.13. The van der Waals surface area contributed by atoms with Crippen LogP contribution in [0.3, 0.4) is 0 Å². The molecule has 2 atom stereocenters. The summed E-state index contributed by atoms with van der Waals surface area (Å²) in [5.41, 5.74) is 0.740. The number of piperidine rings is 1. The molecule has 25 heavy (non-hydrogen) atoms. The van der Waals surface area contributed by atoms with Gasteiger partial charge in [-0.25, -0.2) is 4.79 Å². The van der Waals surface area contributed by atoms with Crippen LogP contribution in [-0.4, -0.2) is 36.0 Å². The molecule has 6 heteroatoms. The van der Waals surface area contributed by atoms with Gasteiger partial charge < -0.3 is 15.5 Å². The molecular weight excluding hydrogens is 338 g/mol. The molecule has 2 rings (SSSR count). The van der Waals surface area contributed by atoms with E-state index in [0.29, 0.717) is 23.9 Å². The first-order chi connectivity index (χ1) is 12.0. The lowest BCUT2D eigenvalue weighted by molar-refractivity contribution is -0.122. The van der Waals surface area contributed by atoms with Crippen molar-refractivity contribution in [2.45, 2.75) is 52.0 Å². The summed E-state index contributed by atoms with van der Waals surface area (Å²) in [6, 6.07) is 7.23. The molecule has 1 fully saturated rings. The Labute approximate surface area is 155 Å². The van der Waals surface area contributed by atoms with Gasteiger partial charge in [0.05, 0.1) is 0 Å². The molecule has 1 aromatic carbocycles. The number of benzene rings is 1. The van der Waals surface area contributed by atoms with Crippen molar-refractivity contribution < 1.29 is 9.59 Å². The monoisotopic (exact) mass is 365 g/mol. The van der Waals surface area contributed by atoms with Crippen molar-refractivity contribution in [1.29, 1.82) is 0 Å². The van der Waals surface area contributed by atoms with E-state index in [1.54, 1.807) is 24.3 Å². The molecule has 1 heterocycles. The summed E-state index contributed by atoms with van der Waals surface area (Å²) in [5.74, 6) is 0.490. The lowest BCUT2D eigenvalue weighted by Crippen LogP contribution is -2.42. The fourth-order valence-electron chi connectivity index (χ4n) is 3.01. The van der Waals surface area contributed by atoms with E-state index >= 15 is 0 Å². The molecule has 0 radical (unpaired) electrons. The summed E-state index contributed by atoms with van der Waals surface area (Å²) in [6.07, 6.45) is 4.34. The average molecular weight is 366 g/mol. The van der Waals surface area contributed by atoms with E-state index in [1.165, 1.54) is 0 Å². The Morgan fingerprint density at radius 2 is 2.04 bits per heavy atom. The van der Waals surface area contributed by atoms with Crippen LogP contribution in [0.4, 0.5) is 10.5 Å². The zero-order valence-corrected chi connectivity index (χ0v) is 15.8. The van der Waals surface area contributed by atoms with E-state index in [0.717, 1.165) is 37.9 Å². The molecule has 2 N–H and O–H groups in total. The molecule has 5 nitrogen and oxygen atoms in total. The number of halogens is 1. The van der Waals surface area contributed by atoms with Crippen LogP contribution in [-0.2, 0) is 4.79 Å². The molecule has 3 amide bonds. The normalized spacial score (nSPS) is 18.5. The van der Waals surface area contributed by atoms with Gasteiger partial charge in [0.15, 0.2) is 0 Å².